The van der Waals surface area contributed by atoms with Crippen molar-refractivity contribution >= 4 is 10.0 Å². The monoisotopic (exact) mass is 297 g/mol. The highest BCUT2D eigenvalue weighted by atomic mass is 32.2. The van der Waals surface area contributed by atoms with E-state index >= 15 is 0 Å². The van der Waals surface area contributed by atoms with Gasteiger partial charge in [0.2, 0.25) is 10.0 Å². The first-order chi connectivity index (χ1) is 9.42. The van der Waals surface area contributed by atoms with Crippen molar-refractivity contribution in [2.75, 3.05) is 6.61 Å². The van der Waals surface area contributed by atoms with Crippen molar-refractivity contribution in [3.05, 3.63) is 42.0 Å². The number of rotatable bonds is 4. The third kappa shape index (κ3) is 3.46. The SMILES string of the molecule is Cc1ccc(S(=O)(=O)N[C@@H]2C=C[C@H](O)[C@@H](CO)C2)cc1. The zero-order valence-corrected chi connectivity index (χ0v) is 12.0. The molecule has 0 heterocycles. The summed E-state index contributed by atoms with van der Waals surface area (Å²) in [5.41, 5.74) is 0.991. The maximum atomic E-state index is 12.2. The van der Waals surface area contributed by atoms with Crippen LogP contribution in [-0.2, 0) is 10.0 Å². The first-order valence-electron chi connectivity index (χ1n) is 6.48. The van der Waals surface area contributed by atoms with E-state index in [1.165, 1.54) is 6.08 Å². The Morgan fingerprint density at radius 1 is 1.25 bits per heavy atom. The van der Waals surface area contributed by atoms with Gasteiger partial charge in [-0.05, 0) is 25.5 Å². The Kier molecular flexibility index (Phi) is 4.59. The van der Waals surface area contributed by atoms with Crippen LogP contribution >= 0.6 is 0 Å². The van der Waals surface area contributed by atoms with Gasteiger partial charge in [-0.3, -0.25) is 0 Å². The molecule has 0 bridgehead atoms. The number of aliphatic hydroxyl groups excluding tert-OH is 2. The van der Waals surface area contributed by atoms with Crippen LogP contribution < -0.4 is 4.72 Å². The lowest BCUT2D eigenvalue weighted by Gasteiger charge is -2.27. The summed E-state index contributed by atoms with van der Waals surface area (Å²) in [5, 5.41) is 18.8. The third-order valence-corrected chi connectivity index (χ3v) is 4.96. The summed E-state index contributed by atoms with van der Waals surface area (Å²) in [5.74, 6) is -0.342. The van der Waals surface area contributed by atoms with Crippen LogP contribution in [0.25, 0.3) is 0 Å². The average molecular weight is 297 g/mol. The Bertz CT molecular complexity index is 580. The molecule has 20 heavy (non-hydrogen) atoms. The van der Waals surface area contributed by atoms with Crippen LogP contribution in [0.15, 0.2) is 41.3 Å². The Hall–Kier alpha value is -1.21. The summed E-state index contributed by atoms with van der Waals surface area (Å²) in [6, 6.07) is 6.18. The highest BCUT2D eigenvalue weighted by Gasteiger charge is 2.27. The number of aryl methyl sites for hydroxylation is 1. The van der Waals surface area contributed by atoms with Crippen molar-refractivity contribution in [3.8, 4) is 0 Å². The number of benzene rings is 1. The fraction of sp³-hybridized carbons (Fsp3) is 0.429. The molecule has 0 saturated carbocycles. The topological polar surface area (TPSA) is 86.6 Å². The van der Waals surface area contributed by atoms with Gasteiger partial charge in [0.15, 0.2) is 0 Å². The first-order valence-corrected chi connectivity index (χ1v) is 7.97. The molecule has 0 saturated heterocycles. The highest BCUT2D eigenvalue weighted by Crippen LogP contribution is 2.20. The second kappa shape index (κ2) is 6.05. The van der Waals surface area contributed by atoms with Crippen molar-refractivity contribution in [1.82, 2.24) is 4.72 Å². The molecule has 5 nitrogen and oxygen atoms in total. The van der Waals surface area contributed by atoms with Crippen LogP contribution in [0.2, 0.25) is 0 Å². The molecular weight excluding hydrogens is 278 g/mol. The minimum absolute atomic E-state index is 0.172. The summed E-state index contributed by atoms with van der Waals surface area (Å²) in [6.45, 7) is 1.72. The highest BCUT2D eigenvalue weighted by molar-refractivity contribution is 7.89. The maximum Gasteiger partial charge on any atom is 0.241 e. The van der Waals surface area contributed by atoms with Crippen LogP contribution in [0, 0.1) is 12.8 Å². The van der Waals surface area contributed by atoms with Crippen molar-refractivity contribution in [3.63, 3.8) is 0 Å². The largest absolute Gasteiger partial charge is 0.396 e. The second-order valence-corrected chi connectivity index (χ2v) is 6.81. The Balaban J connectivity index is 2.13. The van der Waals surface area contributed by atoms with E-state index in [1.807, 2.05) is 6.92 Å². The first kappa shape index (κ1) is 15.2. The fourth-order valence-corrected chi connectivity index (χ4v) is 3.41. The van der Waals surface area contributed by atoms with E-state index in [0.29, 0.717) is 6.42 Å². The van der Waals surface area contributed by atoms with E-state index in [2.05, 4.69) is 4.72 Å². The standard InChI is InChI=1S/C14H19NO4S/c1-10-2-5-13(6-3-10)20(18,19)15-12-4-7-14(17)11(8-12)9-16/h2-7,11-12,14-17H,8-9H2,1H3/t11-,12-,14+/m1/s1. The predicted molar refractivity (Wildman–Crippen MR) is 75.6 cm³/mol. The Morgan fingerprint density at radius 3 is 2.50 bits per heavy atom. The molecule has 1 aromatic rings. The van der Waals surface area contributed by atoms with E-state index in [4.69, 9.17) is 5.11 Å². The summed E-state index contributed by atoms with van der Waals surface area (Å²) < 4.78 is 27.0. The van der Waals surface area contributed by atoms with Crippen molar-refractivity contribution in [2.24, 2.45) is 5.92 Å². The van der Waals surface area contributed by atoms with E-state index < -0.39 is 22.2 Å². The van der Waals surface area contributed by atoms with Crippen LogP contribution in [0.1, 0.15) is 12.0 Å². The van der Waals surface area contributed by atoms with Gasteiger partial charge in [-0.2, -0.15) is 0 Å². The molecule has 2 rings (SSSR count). The smallest absolute Gasteiger partial charge is 0.241 e. The van der Waals surface area contributed by atoms with Gasteiger partial charge in [-0.15, -0.1) is 0 Å². The third-order valence-electron chi connectivity index (χ3n) is 3.45. The minimum Gasteiger partial charge on any atom is -0.396 e. The predicted octanol–water partition coefficient (Wildman–Crippen LogP) is 0.571. The average Bonchev–Trinajstić information content (AvgIpc) is 2.41. The quantitative estimate of drug-likeness (QED) is 0.709. The van der Waals surface area contributed by atoms with Gasteiger partial charge in [-0.1, -0.05) is 29.8 Å². The lowest BCUT2D eigenvalue weighted by molar-refractivity contribution is 0.0857. The molecule has 1 aliphatic rings. The van der Waals surface area contributed by atoms with Gasteiger partial charge in [0, 0.05) is 18.6 Å². The van der Waals surface area contributed by atoms with Gasteiger partial charge in [-0.25, -0.2) is 13.1 Å². The molecule has 0 amide bonds. The van der Waals surface area contributed by atoms with Crippen molar-refractivity contribution in [2.45, 2.75) is 30.4 Å². The van der Waals surface area contributed by atoms with E-state index in [0.717, 1.165) is 5.56 Å². The van der Waals surface area contributed by atoms with Crippen molar-refractivity contribution < 1.29 is 18.6 Å². The van der Waals surface area contributed by atoms with Gasteiger partial charge >= 0.3 is 0 Å². The van der Waals surface area contributed by atoms with E-state index in [-0.39, 0.29) is 17.4 Å². The molecule has 0 radical (unpaired) electrons. The summed E-state index contributed by atoms with van der Waals surface area (Å²) in [7, 11) is -3.59. The molecule has 6 heteroatoms. The van der Waals surface area contributed by atoms with Gasteiger partial charge < -0.3 is 10.2 Å². The summed E-state index contributed by atoms with van der Waals surface area (Å²) in [4.78, 5) is 0.211. The van der Waals surface area contributed by atoms with Crippen LogP contribution in [0.5, 0.6) is 0 Å². The molecule has 110 valence electrons. The second-order valence-electron chi connectivity index (χ2n) is 5.09. The maximum absolute atomic E-state index is 12.2. The lowest BCUT2D eigenvalue weighted by Crippen LogP contribution is -2.40. The fourth-order valence-electron chi connectivity index (χ4n) is 2.20. The van der Waals surface area contributed by atoms with Gasteiger partial charge in [0.1, 0.15) is 0 Å². The van der Waals surface area contributed by atoms with E-state index in [1.54, 1.807) is 30.3 Å². The molecule has 1 aromatic carbocycles. The number of nitrogens with one attached hydrogen (secondary N) is 1. The molecule has 3 N–H and O–H groups in total. The van der Waals surface area contributed by atoms with Crippen molar-refractivity contribution in [1.29, 1.82) is 0 Å². The molecule has 0 spiro atoms. The molecule has 1 aliphatic carbocycles. The molecule has 0 aromatic heterocycles. The molecule has 0 unspecified atom stereocenters. The van der Waals surface area contributed by atoms with Crippen LogP contribution in [-0.4, -0.2) is 37.4 Å². The number of aliphatic hydroxyl groups is 2. The Labute approximate surface area is 119 Å². The molecular formula is C14H19NO4S. The molecule has 0 aliphatic heterocycles. The van der Waals surface area contributed by atoms with Gasteiger partial charge in [0.05, 0.1) is 11.0 Å². The van der Waals surface area contributed by atoms with E-state index in [9.17, 15) is 13.5 Å². The number of hydrogen-bond donors (Lipinski definition) is 3. The number of hydrogen-bond acceptors (Lipinski definition) is 4. The summed E-state index contributed by atoms with van der Waals surface area (Å²) >= 11 is 0. The van der Waals surface area contributed by atoms with Crippen LogP contribution in [0.4, 0.5) is 0 Å². The lowest BCUT2D eigenvalue weighted by atomic mass is 9.90. The molecule has 0 fully saturated rings. The van der Waals surface area contributed by atoms with Crippen LogP contribution in [0.3, 0.4) is 0 Å². The zero-order valence-electron chi connectivity index (χ0n) is 11.2. The Morgan fingerprint density at radius 2 is 1.90 bits per heavy atom. The number of sulfonamides is 1. The van der Waals surface area contributed by atoms with Gasteiger partial charge in [0.25, 0.3) is 0 Å². The molecule has 3 atom stereocenters. The zero-order chi connectivity index (χ0) is 14.8. The minimum atomic E-state index is -3.59. The summed E-state index contributed by atoms with van der Waals surface area (Å²) in [6.07, 6.45) is 2.80. The normalized spacial score (nSPS) is 26.6.